The van der Waals surface area contributed by atoms with Crippen molar-refractivity contribution in [1.29, 1.82) is 0 Å². The van der Waals surface area contributed by atoms with Gasteiger partial charge in [0.25, 0.3) is 0 Å². The number of aliphatic carboxylic acids is 1. The van der Waals surface area contributed by atoms with Gasteiger partial charge in [-0.2, -0.15) is 0 Å². The van der Waals surface area contributed by atoms with E-state index in [1.165, 1.54) is 22.3 Å². The van der Waals surface area contributed by atoms with Gasteiger partial charge in [0, 0.05) is 18.5 Å². The number of rotatable bonds is 7. The van der Waals surface area contributed by atoms with E-state index in [0.29, 0.717) is 24.4 Å². The van der Waals surface area contributed by atoms with E-state index in [1.54, 1.807) is 0 Å². The van der Waals surface area contributed by atoms with Gasteiger partial charge >= 0.3 is 5.97 Å². The quantitative estimate of drug-likeness (QED) is 0.595. The average Bonchev–Trinajstić information content (AvgIpc) is 2.68. The van der Waals surface area contributed by atoms with Crippen LogP contribution in [0.5, 0.6) is 0 Å². The van der Waals surface area contributed by atoms with Crippen molar-refractivity contribution in [1.82, 2.24) is 4.90 Å². The summed E-state index contributed by atoms with van der Waals surface area (Å²) in [6.07, 6.45) is 12.6. The summed E-state index contributed by atoms with van der Waals surface area (Å²) in [6, 6.07) is 7.65. The monoisotopic (exact) mass is 395 g/mol. The standard InChI is InChI=1S/C26H37NO2/c1-5-6-24(23-15-19(3)7-10-20(23)4)27-14-13-21(17-26(28)29)16-25(27)22-11-8-18(2)9-12-22/h7-11,15,21-22,24-25H,5-6,12-14,16-17H2,1-4H3,(H,28,29)/t21-,22?,24+,25+/m0/s1. The van der Waals surface area contributed by atoms with Gasteiger partial charge in [0.2, 0.25) is 0 Å². The minimum Gasteiger partial charge on any atom is -0.481 e. The third-order valence-electron chi connectivity index (χ3n) is 6.83. The third kappa shape index (κ3) is 5.39. The van der Waals surface area contributed by atoms with Crippen LogP contribution >= 0.6 is 0 Å². The maximum atomic E-state index is 11.4. The molecule has 1 aliphatic heterocycles. The summed E-state index contributed by atoms with van der Waals surface area (Å²) in [5.74, 6) is 0.103. The van der Waals surface area contributed by atoms with Crippen molar-refractivity contribution in [3.63, 3.8) is 0 Å². The highest BCUT2D eigenvalue weighted by Crippen LogP contribution is 2.40. The van der Waals surface area contributed by atoms with Gasteiger partial charge < -0.3 is 5.11 Å². The van der Waals surface area contributed by atoms with Crippen molar-refractivity contribution in [2.75, 3.05) is 6.54 Å². The van der Waals surface area contributed by atoms with Gasteiger partial charge in [-0.15, -0.1) is 0 Å². The smallest absolute Gasteiger partial charge is 0.303 e. The highest BCUT2D eigenvalue weighted by atomic mass is 16.4. The van der Waals surface area contributed by atoms with Crippen LogP contribution in [0.3, 0.4) is 0 Å². The molecule has 1 aromatic rings. The number of nitrogens with zero attached hydrogens (tertiary/aromatic N) is 1. The van der Waals surface area contributed by atoms with Crippen molar-refractivity contribution < 1.29 is 9.90 Å². The first-order chi connectivity index (χ1) is 13.9. The number of piperidine rings is 1. The number of carboxylic acid groups (broad SMARTS) is 1. The van der Waals surface area contributed by atoms with Gasteiger partial charge in [-0.3, -0.25) is 9.69 Å². The average molecular weight is 396 g/mol. The Labute approximate surface area is 176 Å². The number of hydrogen-bond acceptors (Lipinski definition) is 2. The SMILES string of the molecule is CCC[C@H](c1cc(C)ccc1C)N1CC[C@H](CC(=O)O)C[C@@H]1C1C=CC(C)=CC1. The molecule has 0 radical (unpaired) electrons. The van der Waals surface area contributed by atoms with Crippen LogP contribution in [0.25, 0.3) is 0 Å². The largest absolute Gasteiger partial charge is 0.481 e. The predicted molar refractivity (Wildman–Crippen MR) is 120 cm³/mol. The van der Waals surface area contributed by atoms with Crippen LogP contribution < -0.4 is 0 Å². The predicted octanol–water partition coefficient (Wildman–Crippen LogP) is 6.22. The fraction of sp³-hybridized carbons (Fsp3) is 0.577. The summed E-state index contributed by atoms with van der Waals surface area (Å²) >= 11 is 0. The molecule has 158 valence electrons. The molecule has 4 atom stereocenters. The van der Waals surface area contributed by atoms with Gasteiger partial charge in [-0.25, -0.2) is 0 Å². The molecule has 0 spiro atoms. The molecule has 3 heteroatoms. The van der Waals surface area contributed by atoms with E-state index >= 15 is 0 Å². The first-order valence-corrected chi connectivity index (χ1v) is 11.3. The van der Waals surface area contributed by atoms with Gasteiger partial charge in [0.15, 0.2) is 0 Å². The molecule has 0 amide bonds. The van der Waals surface area contributed by atoms with E-state index in [1.807, 2.05) is 0 Å². The third-order valence-corrected chi connectivity index (χ3v) is 6.83. The molecule has 3 rings (SSSR count). The Morgan fingerprint density at radius 2 is 2.07 bits per heavy atom. The van der Waals surface area contributed by atoms with Crippen molar-refractivity contribution in [3.8, 4) is 0 Å². The van der Waals surface area contributed by atoms with Crippen molar-refractivity contribution >= 4 is 5.97 Å². The molecule has 29 heavy (non-hydrogen) atoms. The lowest BCUT2D eigenvalue weighted by atomic mass is 9.78. The van der Waals surface area contributed by atoms with Crippen LogP contribution in [0, 0.1) is 25.7 Å². The Balaban J connectivity index is 1.92. The van der Waals surface area contributed by atoms with E-state index in [0.717, 1.165) is 38.6 Å². The van der Waals surface area contributed by atoms with Crippen molar-refractivity contribution in [3.05, 3.63) is 58.7 Å². The Morgan fingerprint density at radius 1 is 1.28 bits per heavy atom. The molecule has 1 fully saturated rings. The van der Waals surface area contributed by atoms with E-state index < -0.39 is 5.97 Å². The number of aryl methyl sites for hydroxylation is 2. The molecule has 2 aliphatic rings. The number of benzene rings is 1. The summed E-state index contributed by atoms with van der Waals surface area (Å²) in [5.41, 5.74) is 5.49. The fourth-order valence-electron chi connectivity index (χ4n) is 5.25. The zero-order valence-corrected chi connectivity index (χ0v) is 18.5. The zero-order valence-electron chi connectivity index (χ0n) is 18.5. The second-order valence-electron chi connectivity index (χ2n) is 9.16. The van der Waals surface area contributed by atoms with E-state index in [2.05, 4.69) is 69.0 Å². The molecule has 1 heterocycles. The summed E-state index contributed by atoms with van der Waals surface area (Å²) in [7, 11) is 0. The van der Waals surface area contributed by atoms with Crippen LogP contribution in [0.1, 0.15) is 75.1 Å². The molecular weight excluding hydrogens is 358 g/mol. The molecule has 0 bridgehead atoms. The second kappa shape index (κ2) is 9.75. The number of carbonyl (C=O) groups is 1. The molecule has 1 unspecified atom stereocenters. The molecular formula is C26H37NO2. The summed E-state index contributed by atoms with van der Waals surface area (Å²) < 4.78 is 0. The Bertz CT molecular complexity index is 779. The fourth-order valence-corrected chi connectivity index (χ4v) is 5.25. The molecule has 1 saturated heterocycles. The Kier molecular flexibility index (Phi) is 7.34. The molecule has 0 aromatic heterocycles. The number of allylic oxidation sites excluding steroid dienone is 3. The van der Waals surface area contributed by atoms with Crippen molar-refractivity contribution in [2.24, 2.45) is 11.8 Å². The van der Waals surface area contributed by atoms with Crippen LogP contribution in [0.2, 0.25) is 0 Å². The highest BCUT2D eigenvalue weighted by molar-refractivity contribution is 5.67. The summed E-state index contributed by atoms with van der Waals surface area (Å²) in [5, 5.41) is 9.36. The number of likely N-dealkylation sites (tertiary alicyclic amines) is 1. The minimum atomic E-state index is -0.656. The van der Waals surface area contributed by atoms with E-state index in [4.69, 9.17) is 0 Å². The lowest BCUT2D eigenvalue weighted by Crippen LogP contribution is -2.48. The molecule has 3 nitrogen and oxygen atoms in total. The topological polar surface area (TPSA) is 40.5 Å². The zero-order chi connectivity index (χ0) is 21.0. The molecule has 1 aliphatic carbocycles. The maximum absolute atomic E-state index is 11.4. The number of hydrogen-bond donors (Lipinski definition) is 1. The van der Waals surface area contributed by atoms with Crippen LogP contribution in [-0.4, -0.2) is 28.6 Å². The number of carboxylic acids is 1. The maximum Gasteiger partial charge on any atom is 0.303 e. The first-order valence-electron chi connectivity index (χ1n) is 11.3. The normalized spacial score (nSPS) is 26.2. The van der Waals surface area contributed by atoms with Gasteiger partial charge in [0.05, 0.1) is 0 Å². The highest BCUT2D eigenvalue weighted by Gasteiger charge is 2.37. The van der Waals surface area contributed by atoms with E-state index in [-0.39, 0.29) is 5.92 Å². The van der Waals surface area contributed by atoms with Gasteiger partial charge in [0.1, 0.15) is 0 Å². The Morgan fingerprint density at radius 3 is 2.72 bits per heavy atom. The second-order valence-corrected chi connectivity index (χ2v) is 9.16. The lowest BCUT2D eigenvalue weighted by molar-refractivity contribution is -0.138. The summed E-state index contributed by atoms with van der Waals surface area (Å²) in [6.45, 7) is 9.84. The van der Waals surface area contributed by atoms with Crippen LogP contribution in [0.15, 0.2) is 42.0 Å². The lowest BCUT2D eigenvalue weighted by Gasteiger charge is -2.47. The molecule has 1 aromatic carbocycles. The Hall–Kier alpha value is -1.87. The van der Waals surface area contributed by atoms with Gasteiger partial charge in [-0.05, 0) is 76.0 Å². The molecule has 1 N–H and O–H groups in total. The first kappa shape index (κ1) is 21.8. The molecule has 0 saturated carbocycles. The van der Waals surface area contributed by atoms with Crippen molar-refractivity contribution in [2.45, 2.75) is 78.3 Å². The van der Waals surface area contributed by atoms with Crippen LogP contribution in [-0.2, 0) is 4.79 Å². The van der Waals surface area contributed by atoms with Gasteiger partial charge in [-0.1, -0.05) is 60.9 Å². The van der Waals surface area contributed by atoms with E-state index in [9.17, 15) is 9.90 Å². The summed E-state index contributed by atoms with van der Waals surface area (Å²) in [4.78, 5) is 14.1. The minimum absolute atomic E-state index is 0.287. The van der Waals surface area contributed by atoms with Crippen LogP contribution in [0.4, 0.5) is 0 Å².